The van der Waals surface area contributed by atoms with E-state index in [-0.39, 0.29) is 5.84 Å². The minimum atomic E-state index is -1.37. The van der Waals surface area contributed by atoms with Crippen LogP contribution in [0.5, 0.6) is 0 Å². The van der Waals surface area contributed by atoms with Gasteiger partial charge < -0.3 is 9.47 Å². The zero-order chi connectivity index (χ0) is 15.2. The molecule has 1 saturated carbocycles. The smallest absolute Gasteiger partial charge is 0.317 e. The second-order valence-electron chi connectivity index (χ2n) is 5.72. The van der Waals surface area contributed by atoms with Gasteiger partial charge in [-0.05, 0) is 6.42 Å². The molecule has 6 heteroatoms. The van der Waals surface area contributed by atoms with Crippen LogP contribution in [0.1, 0.15) is 33.1 Å². The molecule has 1 heterocycles. The molecule has 20 heavy (non-hydrogen) atoms. The van der Waals surface area contributed by atoms with Crippen LogP contribution < -0.4 is 10.7 Å². The summed E-state index contributed by atoms with van der Waals surface area (Å²) in [6.07, 6.45) is 2.63. The van der Waals surface area contributed by atoms with E-state index in [0.29, 0.717) is 0 Å². The Kier molecular flexibility index (Phi) is 3.09. The van der Waals surface area contributed by atoms with Crippen molar-refractivity contribution in [3.05, 3.63) is 0 Å². The number of amidine groups is 1. The van der Waals surface area contributed by atoms with E-state index in [4.69, 9.17) is 15.2 Å². The van der Waals surface area contributed by atoms with Crippen molar-refractivity contribution in [3.8, 4) is 12.1 Å². The predicted molar refractivity (Wildman–Crippen MR) is 70.6 cm³/mol. The van der Waals surface area contributed by atoms with Gasteiger partial charge in [0.25, 0.3) is 5.84 Å². The van der Waals surface area contributed by atoms with Crippen molar-refractivity contribution < 1.29 is 14.5 Å². The van der Waals surface area contributed by atoms with Crippen molar-refractivity contribution in [1.29, 1.82) is 10.5 Å². The summed E-state index contributed by atoms with van der Waals surface area (Å²) in [7, 11) is 2.91. The van der Waals surface area contributed by atoms with Crippen molar-refractivity contribution in [3.63, 3.8) is 0 Å². The number of nitriles is 2. The molecular formula is C14H21N4O2+. The van der Waals surface area contributed by atoms with Gasteiger partial charge in [-0.1, -0.05) is 26.7 Å². The molecule has 3 N–H and O–H groups in total. The lowest BCUT2D eigenvalue weighted by Crippen LogP contribution is -2.91. The maximum absolute atomic E-state index is 9.84. The van der Waals surface area contributed by atoms with E-state index in [1.165, 1.54) is 14.2 Å². The lowest BCUT2D eigenvalue weighted by atomic mass is 9.87. The van der Waals surface area contributed by atoms with E-state index in [1.807, 2.05) is 6.92 Å². The molecule has 0 aromatic carbocycles. The third-order valence-electron chi connectivity index (χ3n) is 5.29. The van der Waals surface area contributed by atoms with Crippen LogP contribution in [0.3, 0.4) is 0 Å². The molecule has 0 bridgehead atoms. The van der Waals surface area contributed by atoms with Gasteiger partial charge in [-0.3, -0.25) is 5.73 Å². The van der Waals surface area contributed by atoms with Crippen LogP contribution in [-0.4, -0.2) is 26.0 Å². The van der Waals surface area contributed by atoms with Gasteiger partial charge >= 0.3 is 5.91 Å². The summed E-state index contributed by atoms with van der Waals surface area (Å²) in [6, 6.07) is 4.56. The number of hydrogen-bond acceptors (Lipinski definition) is 5. The van der Waals surface area contributed by atoms with Gasteiger partial charge in [0.1, 0.15) is 0 Å². The van der Waals surface area contributed by atoms with E-state index in [2.05, 4.69) is 24.1 Å². The fourth-order valence-corrected chi connectivity index (χ4v) is 4.20. The molecule has 3 atom stereocenters. The Morgan fingerprint density at radius 1 is 1.25 bits per heavy atom. The molecule has 1 fully saturated rings. The Morgan fingerprint density at radius 3 is 2.25 bits per heavy atom. The number of unbranched alkanes of at least 4 members (excludes halogenated alkanes) is 1. The first-order valence-electron chi connectivity index (χ1n) is 6.77. The molecule has 108 valence electrons. The molecule has 2 aliphatic rings. The number of fused-ring (bicyclic) bond motifs is 1. The topological polar surface area (TPSA) is 106 Å². The van der Waals surface area contributed by atoms with E-state index in [1.54, 1.807) is 0 Å². The van der Waals surface area contributed by atoms with Crippen molar-refractivity contribution in [2.75, 3.05) is 14.2 Å². The van der Waals surface area contributed by atoms with Crippen molar-refractivity contribution in [2.24, 2.45) is 22.0 Å². The van der Waals surface area contributed by atoms with Crippen molar-refractivity contribution >= 4 is 5.84 Å². The third kappa shape index (κ3) is 1.06. The Hall–Kier alpha value is -1.63. The monoisotopic (exact) mass is 277 g/mol. The summed E-state index contributed by atoms with van der Waals surface area (Å²) in [4.78, 5) is 2.89. The molecule has 0 saturated heterocycles. The van der Waals surface area contributed by atoms with E-state index >= 15 is 0 Å². The van der Waals surface area contributed by atoms with Gasteiger partial charge in [-0.25, -0.2) is 4.99 Å². The first-order chi connectivity index (χ1) is 9.43. The second-order valence-corrected chi connectivity index (χ2v) is 5.72. The van der Waals surface area contributed by atoms with Gasteiger partial charge in [0.05, 0.1) is 12.1 Å². The molecule has 0 unspecified atom stereocenters. The molecule has 1 aliphatic heterocycles. The highest BCUT2D eigenvalue weighted by atomic mass is 16.7. The summed E-state index contributed by atoms with van der Waals surface area (Å²) in [5, 5.41) is 19.6. The van der Waals surface area contributed by atoms with Gasteiger partial charge in [-0.15, -0.1) is 0 Å². The lowest BCUT2D eigenvalue weighted by Gasteiger charge is -2.29. The largest absolute Gasteiger partial charge is 0.342 e. The summed E-state index contributed by atoms with van der Waals surface area (Å²) in [5.41, 5.74) is 3.28. The van der Waals surface area contributed by atoms with E-state index in [9.17, 15) is 10.5 Å². The molecule has 0 aromatic heterocycles. The van der Waals surface area contributed by atoms with Crippen molar-refractivity contribution in [1.82, 2.24) is 0 Å². The first kappa shape index (κ1) is 14.8. The summed E-state index contributed by atoms with van der Waals surface area (Å²) >= 11 is 0. The quantitative estimate of drug-likeness (QED) is 0.666. The summed E-state index contributed by atoms with van der Waals surface area (Å²) < 4.78 is 10.9. The minimum Gasteiger partial charge on any atom is -0.317 e. The highest BCUT2D eigenvalue weighted by Crippen LogP contribution is 2.83. The highest BCUT2D eigenvalue weighted by molar-refractivity contribution is 5.94. The van der Waals surface area contributed by atoms with E-state index < -0.39 is 22.2 Å². The molecule has 2 rings (SSSR count). The minimum absolute atomic E-state index is 0.267. The standard InChI is InChI=1S/C14H20N4O2/c1-5-6-7-11(2)12(8-15)10(17)18-14(19-3,20-4)13(11,12)9-16/h5-7H2,1-4H3,(H2,17,18)/p+1/t11-,12-,13+/m0/s1. The van der Waals surface area contributed by atoms with Crippen molar-refractivity contribution in [2.45, 2.75) is 39.0 Å². The number of hydrogen-bond donors (Lipinski definition) is 2. The van der Waals surface area contributed by atoms with Gasteiger partial charge in [-0.2, -0.15) is 10.5 Å². The SMILES string of the molecule is CCCC[C@@]1(C)[C@]2(C#N)C(N)=[NH+]C(OC)(OC)[C@]12C#N. The molecular weight excluding hydrogens is 256 g/mol. The zero-order valence-corrected chi connectivity index (χ0v) is 12.4. The molecule has 0 aromatic rings. The predicted octanol–water partition coefficient (Wildman–Crippen LogP) is -0.386. The summed E-state index contributed by atoms with van der Waals surface area (Å²) in [6.45, 7) is 4.00. The van der Waals surface area contributed by atoms with Crippen LogP contribution in [0.15, 0.2) is 0 Å². The maximum Gasteiger partial charge on any atom is 0.342 e. The number of nitrogens with two attached hydrogens (primary N) is 1. The number of nitrogens with zero attached hydrogens (tertiary/aromatic N) is 2. The first-order valence-corrected chi connectivity index (χ1v) is 6.77. The lowest BCUT2D eigenvalue weighted by molar-refractivity contribution is -0.689. The molecule has 6 nitrogen and oxygen atoms in total. The molecule has 0 radical (unpaired) electrons. The van der Waals surface area contributed by atoms with Crippen LogP contribution in [0.25, 0.3) is 0 Å². The third-order valence-corrected chi connectivity index (χ3v) is 5.29. The number of methoxy groups -OCH3 is 2. The second kappa shape index (κ2) is 4.18. The van der Waals surface area contributed by atoms with Crippen LogP contribution in [0.2, 0.25) is 0 Å². The van der Waals surface area contributed by atoms with Crippen LogP contribution in [0, 0.1) is 38.9 Å². The Balaban J connectivity index is 2.65. The van der Waals surface area contributed by atoms with Crippen LogP contribution in [0.4, 0.5) is 0 Å². The summed E-state index contributed by atoms with van der Waals surface area (Å²) in [5.74, 6) is -1.10. The van der Waals surface area contributed by atoms with Gasteiger partial charge in [0.15, 0.2) is 10.8 Å². The van der Waals surface area contributed by atoms with E-state index in [0.717, 1.165) is 19.3 Å². The van der Waals surface area contributed by atoms with Gasteiger partial charge in [0, 0.05) is 19.6 Å². The Labute approximate surface area is 119 Å². The Morgan fingerprint density at radius 2 is 1.85 bits per heavy atom. The Bertz CT molecular complexity index is 542. The zero-order valence-electron chi connectivity index (χ0n) is 12.4. The number of rotatable bonds is 5. The van der Waals surface area contributed by atoms with Crippen LogP contribution in [-0.2, 0) is 9.47 Å². The van der Waals surface area contributed by atoms with Crippen LogP contribution >= 0.6 is 0 Å². The fraction of sp³-hybridized carbons (Fsp3) is 0.786. The maximum atomic E-state index is 9.84. The number of ether oxygens (including phenoxy) is 2. The van der Waals surface area contributed by atoms with Gasteiger partial charge in [0.2, 0.25) is 0 Å². The molecule has 0 spiro atoms. The fourth-order valence-electron chi connectivity index (χ4n) is 4.20. The normalized spacial score (nSPS) is 40.4. The highest BCUT2D eigenvalue weighted by Gasteiger charge is 3.01. The average molecular weight is 277 g/mol. The number of nitrogens with one attached hydrogen (secondary N) is 1. The molecule has 1 aliphatic carbocycles. The average Bonchev–Trinajstić information content (AvgIpc) is 2.85. The molecule has 0 amide bonds.